The second kappa shape index (κ2) is 9.14. The van der Waals surface area contributed by atoms with Crippen molar-refractivity contribution in [2.75, 3.05) is 12.0 Å². The largest absolute Gasteiger partial charge is 0.353 e. The Morgan fingerprint density at radius 1 is 0.974 bits per heavy atom. The molecule has 0 spiro atoms. The van der Waals surface area contributed by atoms with Crippen LogP contribution >= 0.6 is 0 Å². The third-order valence-electron chi connectivity index (χ3n) is 6.52. The number of benzene rings is 1. The topological polar surface area (TPSA) is 117 Å². The Kier molecular flexibility index (Phi) is 5.76. The fourth-order valence-electron chi connectivity index (χ4n) is 4.62. The minimum atomic E-state index is -3.17. The summed E-state index contributed by atoms with van der Waals surface area (Å²) in [5.74, 6) is -0.497. The Hall–Kier alpha value is -4.44. The molecular weight excluding hydrogens is 503 g/mol. The number of hydrogen-bond donors (Lipinski definition) is 2. The lowest BCUT2D eigenvalue weighted by molar-refractivity contribution is 0.600. The summed E-state index contributed by atoms with van der Waals surface area (Å²) < 4.78 is 37.8. The number of fused-ring (bicyclic) bond motifs is 2. The molecule has 0 unspecified atom stereocenters. The number of pyridine rings is 3. The number of hydrogen-bond acceptors (Lipinski definition) is 6. The van der Waals surface area contributed by atoms with Gasteiger partial charge in [-0.05, 0) is 73.0 Å². The van der Waals surface area contributed by atoms with Crippen molar-refractivity contribution >= 4 is 31.8 Å². The van der Waals surface area contributed by atoms with Crippen molar-refractivity contribution in [3.8, 4) is 33.9 Å². The van der Waals surface area contributed by atoms with E-state index in [1.807, 2.05) is 37.3 Å². The Labute approximate surface area is 217 Å². The maximum Gasteiger partial charge on any atom is 0.147 e. The summed E-state index contributed by atoms with van der Waals surface area (Å²) in [5.41, 5.74) is 8.28. The number of aromatic nitrogens is 6. The van der Waals surface area contributed by atoms with Crippen molar-refractivity contribution in [2.45, 2.75) is 13.3 Å². The highest BCUT2D eigenvalue weighted by Crippen LogP contribution is 2.34. The van der Waals surface area contributed by atoms with E-state index in [0.717, 1.165) is 38.9 Å². The molecule has 6 rings (SSSR count). The molecule has 0 fully saturated rings. The van der Waals surface area contributed by atoms with Crippen LogP contribution in [-0.2, 0) is 16.3 Å². The maximum absolute atomic E-state index is 14.5. The molecule has 2 N–H and O–H groups in total. The molecule has 190 valence electrons. The molecule has 0 radical (unpaired) electrons. The molecule has 0 atom stereocenters. The van der Waals surface area contributed by atoms with Crippen LogP contribution in [0, 0.1) is 12.7 Å². The summed E-state index contributed by atoms with van der Waals surface area (Å²) in [5, 5.41) is 8.36. The minimum Gasteiger partial charge on any atom is -0.353 e. The zero-order valence-corrected chi connectivity index (χ0v) is 21.5. The molecule has 1 aromatic carbocycles. The number of nitrogens with zero attached hydrogens (tertiary/aromatic N) is 4. The standard InChI is InChI=1S/C28H23FN6O2S/c1-16-5-8-30-15-21(16)22-3-4-24-27(33-22)28(35-34-24)25-14-20-23(32-25)6-9-31-26(20)18-11-17(12-19(29)13-18)7-10-38(2,36)37/h3-6,8-9,11-15,32H,7,10H2,1-2H3,(H,34,35). The summed E-state index contributed by atoms with van der Waals surface area (Å²) in [6.07, 6.45) is 6.60. The van der Waals surface area contributed by atoms with Crippen molar-refractivity contribution in [1.82, 2.24) is 30.1 Å². The molecule has 0 bridgehead atoms. The average molecular weight is 527 g/mol. The van der Waals surface area contributed by atoms with Gasteiger partial charge in [-0.25, -0.2) is 17.8 Å². The number of rotatable bonds is 6. The van der Waals surface area contributed by atoms with Gasteiger partial charge in [0.15, 0.2) is 0 Å². The molecule has 0 aliphatic carbocycles. The van der Waals surface area contributed by atoms with E-state index in [4.69, 9.17) is 4.98 Å². The molecule has 0 aliphatic heterocycles. The molecule has 38 heavy (non-hydrogen) atoms. The third-order valence-corrected chi connectivity index (χ3v) is 7.46. The normalized spacial score (nSPS) is 12.0. The maximum atomic E-state index is 14.5. The van der Waals surface area contributed by atoms with E-state index in [1.165, 1.54) is 18.4 Å². The first-order valence-electron chi connectivity index (χ1n) is 12.0. The van der Waals surface area contributed by atoms with Crippen LogP contribution in [0.4, 0.5) is 4.39 Å². The number of nitrogens with one attached hydrogen (secondary N) is 2. The van der Waals surface area contributed by atoms with Crippen molar-refractivity contribution in [3.63, 3.8) is 0 Å². The average Bonchev–Trinajstić information content (AvgIpc) is 3.50. The van der Waals surface area contributed by atoms with Crippen LogP contribution in [-0.4, -0.2) is 50.6 Å². The van der Waals surface area contributed by atoms with Gasteiger partial charge in [0, 0.05) is 46.9 Å². The smallest absolute Gasteiger partial charge is 0.147 e. The van der Waals surface area contributed by atoms with Gasteiger partial charge in [0.1, 0.15) is 26.9 Å². The lowest BCUT2D eigenvalue weighted by Crippen LogP contribution is -2.06. The number of halogens is 1. The van der Waals surface area contributed by atoms with Crippen LogP contribution < -0.4 is 0 Å². The number of H-pyrrole nitrogens is 2. The van der Waals surface area contributed by atoms with Crippen LogP contribution in [0.25, 0.3) is 55.8 Å². The summed E-state index contributed by atoms with van der Waals surface area (Å²) in [6, 6.07) is 14.2. The molecule has 8 nitrogen and oxygen atoms in total. The summed E-state index contributed by atoms with van der Waals surface area (Å²) in [4.78, 5) is 17.1. The number of sulfone groups is 1. The second-order valence-corrected chi connectivity index (χ2v) is 11.6. The number of aryl methyl sites for hydroxylation is 2. The summed E-state index contributed by atoms with van der Waals surface area (Å²) >= 11 is 0. The Morgan fingerprint density at radius 3 is 2.66 bits per heavy atom. The first-order valence-corrected chi connectivity index (χ1v) is 14.0. The lowest BCUT2D eigenvalue weighted by atomic mass is 10.0. The third kappa shape index (κ3) is 4.54. The van der Waals surface area contributed by atoms with E-state index in [0.29, 0.717) is 28.0 Å². The predicted molar refractivity (Wildman–Crippen MR) is 146 cm³/mol. The molecule has 0 saturated heterocycles. The summed E-state index contributed by atoms with van der Waals surface area (Å²) in [6.45, 7) is 2.02. The van der Waals surface area contributed by atoms with Crippen LogP contribution in [0.3, 0.4) is 0 Å². The lowest BCUT2D eigenvalue weighted by Gasteiger charge is -2.07. The van der Waals surface area contributed by atoms with E-state index in [2.05, 4.69) is 25.1 Å². The van der Waals surface area contributed by atoms with Gasteiger partial charge >= 0.3 is 0 Å². The van der Waals surface area contributed by atoms with Crippen molar-refractivity contribution in [2.24, 2.45) is 0 Å². The fourth-order valence-corrected chi connectivity index (χ4v) is 5.22. The van der Waals surface area contributed by atoms with Gasteiger partial charge in [-0.3, -0.25) is 15.1 Å². The Morgan fingerprint density at radius 2 is 1.84 bits per heavy atom. The second-order valence-electron chi connectivity index (χ2n) is 9.39. The summed E-state index contributed by atoms with van der Waals surface area (Å²) in [7, 11) is -3.17. The molecule has 10 heteroatoms. The van der Waals surface area contributed by atoms with Crippen LogP contribution in [0.15, 0.2) is 67.1 Å². The van der Waals surface area contributed by atoms with E-state index < -0.39 is 15.7 Å². The van der Waals surface area contributed by atoms with Gasteiger partial charge in [0.05, 0.1) is 28.4 Å². The van der Waals surface area contributed by atoms with Gasteiger partial charge in [0.25, 0.3) is 0 Å². The SMILES string of the molecule is Cc1ccncc1-c1ccc2[nH]nc(-c3cc4c(-c5cc(F)cc(CCS(C)(=O)=O)c5)nccc4[nH]3)c2n1. The monoisotopic (exact) mass is 526 g/mol. The molecule has 5 heterocycles. The van der Waals surface area contributed by atoms with Crippen LogP contribution in [0.2, 0.25) is 0 Å². The van der Waals surface area contributed by atoms with E-state index >= 15 is 0 Å². The van der Waals surface area contributed by atoms with E-state index in [1.54, 1.807) is 24.7 Å². The predicted octanol–water partition coefficient (Wildman–Crippen LogP) is 5.26. The minimum absolute atomic E-state index is 0.0540. The van der Waals surface area contributed by atoms with Crippen LogP contribution in [0.1, 0.15) is 11.1 Å². The quantitative estimate of drug-likeness (QED) is 0.306. The van der Waals surface area contributed by atoms with E-state index in [-0.39, 0.29) is 12.2 Å². The van der Waals surface area contributed by atoms with Crippen LogP contribution in [0.5, 0.6) is 0 Å². The van der Waals surface area contributed by atoms with Gasteiger partial charge in [-0.1, -0.05) is 0 Å². The van der Waals surface area contributed by atoms with Crippen molar-refractivity contribution in [3.05, 3.63) is 84.1 Å². The molecule has 0 saturated carbocycles. The van der Waals surface area contributed by atoms with Crippen molar-refractivity contribution < 1.29 is 12.8 Å². The van der Waals surface area contributed by atoms with Gasteiger partial charge in [-0.15, -0.1) is 0 Å². The molecule has 6 aromatic rings. The first kappa shape index (κ1) is 23.9. The highest BCUT2D eigenvalue weighted by Gasteiger charge is 2.17. The molecule has 0 aliphatic rings. The molecule has 5 aromatic heterocycles. The van der Waals surface area contributed by atoms with Gasteiger partial charge < -0.3 is 4.98 Å². The molecular formula is C28H23FN6O2S. The zero-order valence-electron chi connectivity index (χ0n) is 20.7. The Bertz CT molecular complexity index is 1940. The fraction of sp³-hybridized carbons (Fsp3) is 0.143. The van der Waals surface area contributed by atoms with Gasteiger partial charge in [0.2, 0.25) is 0 Å². The molecule has 0 amide bonds. The highest BCUT2D eigenvalue weighted by atomic mass is 32.2. The van der Waals surface area contributed by atoms with E-state index in [9.17, 15) is 12.8 Å². The highest BCUT2D eigenvalue weighted by molar-refractivity contribution is 7.90. The first-order chi connectivity index (χ1) is 18.2. The Balaban J connectivity index is 1.44. The van der Waals surface area contributed by atoms with Crippen molar-refractivity contribution in [1.29, 1.82) is 0 Å². The number of aromatic amines is 2. The zero-order chi connectivity index (χ0) is 26.4. The van der Waals surface area contributed by atoms with Gasteiger partial charge in [-0.2, -0.15) is 5.10 Å².